The van der Waals surface area contributed by atoms with E-state index in [2.05, 4.69) is 11.1 Å². The van der Waals surface area contributed by atoms with Crippen LogP contribution >= 0.6 is 0 Å². The molecule has 1 aromatic heterocycles. The molecule has 3 nitrogen and oxygen atoms in total. The SMILES string of the molecule is Cc1cc(C=O)cc(Cn2ccnc2)c1. The standard InChI is InChI=1S/C12H12N2O/c1-10-4-11(6-12(5-10)8-15)7-14-3-2-13-9-14/h2-6,8-9H,7H2,1H3. The maximum atomic E-state index is 10.7. The molecule has 0 bridgehead atoms. The first-order valence-corrected chi connectivity index (χ1v) is 4.79. The molecular weight excluding hydrogens is 188 g/mol. The quantitative estimate of drug-likeness (QED) is 0.711. The molecule has 0 unspecified atom stereocenters. The lowest BCUT2D eigenvalue weighted by atomic mass is 10.1. The molecule has 0 saturated carbocycles. The summed E-state index contributed by atoms with van der Waals surface area (Å²) in [5.41, 5.74) is 2.95. The van der Waals surface area contributed by atoms with Gasteiger partial charge in [-0.2, -0.15) is 0 Å². The molecule has 1 aromatic carbocycles. The van der Waals surface area contributed by atoms with Gasteiger partial charge in [-0.05, 0) is 24.6 Å². The van der Waals surface area contributed by atoms with Crippen LogP contribution in [0.1, 0.15) is 21.5 Å². The Labute approximate surface area is 88.4 Å². The Bertz CT molecular complexity index is 460. The van der Waals surface area contributed by atoms with E-state index in [-0.39, 0.29) is 0 Å². The minimum Gasteiger partial charge on any atom is -0.333 e. The monoisotopic (exact) mass is 200 g/mol. The van der Waals surface area contributed by atoms with Gasteiger partial charge >= 0.3 is 0 Å². The summed E-state index contributed by atoms with van der Waals surface area (Å²) in [7, 11) is 0. The van der Waals surface area contributed by atoms with Crippen molar-refractivity contribution < 1.29 is 4.79 Å². The van der Waals surface area contributed by atoms with Gasteiger partial charge in [0.2, 0.25) is 0 Å². The van der Waals surface area contributed by atoms with E-state index >= 15 is 0 Å². The predicted octanol–water partition coefficient (Wildman–Crippen LogP) is 2.05. The number of aryl methyl sites for hydroxylation is 1. The molecule has 3 heteroatoms. The molecule has 0 saturated heterocycles. The van der Waals surface area contributed by atoms with Crippen LogP contribution in [0.15, 0.2) is 36.9 Å². The van der Waals surface area contributed by atoms with Gasteiger partial charge < -0.3 is 4.57 Å². The summed E-state index contributed by atoms with van der Waals surface area (Å²) < 4.78 is 1.98. The third-order valence-electron chi connectivity index (χ3n) is 2.22. The molecule has 0 spiro atoms. The number of aldehydes is 1. The molecule has 0 radical (unpaired) electrons. The molecule has 2 aromatic rings. The zero-order valence-corrected chi connectivity index (χ0v) is 8.55. The summed E-state index contributed by atoms with van der Waals surface area (Å²) in [6.45, 7) is 2.74. The van der Waals surface area contributed by atoms with Crippen LogP contribution in [0.2, 0.25) is 0 Å². The van der Waals surface area contributed by atoms with Crippen molar-refractivity contribution in [2.45, 2.75) is 13.5 Å². The van der Waals surface area contributed by atoms with Crippen molar-refractivity contribution in [1.82, 2.24) is 9.55 Å². The number of imidazole rings is 1. The average Bonchev–Trinajstić information content (AvgIpc) is 2.69. The van der Waals surface area contributed by atoms with Gasteiger partial charge in [0.15, 0.2) is 0 Å². The Balaban J connectivity index is 2.28. The highest BCUT2D eigenvalue weighted by Crippen LogP contribution is 2.09. The molecule has 2 rings (SSSR count). The summed E-state index contributed by atoms with van der Waals surface area (Å²) in [5.74, 6) is 0. The number of aromatic nitrogens is 2. The van der Waals surface area contributed by atoms with Gasteiger partial charge in [0, 0.05) is 24.5 Å². The summed E-state index contributed by atoms with van der Waals surface area (Å²) in [5, 5.41) is 0. The predicted molar refractivity (Wildman–Crippen MR) is 57.9 cm³/mol. The maximum absolute atomic E-state index is 10.7. The van der Waals surface area contributed by atoms with Gasteiger partial charge in [0.25, 0.3) is 0 Å². The van der Waals surface area contributed by atoms with Crippen LogP contribution < -0.4 is 0 Å². The highest BCUT2D eigenvalue weighted by Gasteiger charge is 1.98. The Kier molecular flexibility index (Phi) is 2.63. The minimum atomic E-state index is 0.727. The molecule has 0 atom stereocenters. The molecule has 0 aliphatic heterocycles. The van der Waals surface area contributed by atoms with Crippen LogP contribution in [0, 0.1) is 6.92 Å². The third-order valence-corrected chi connectivity index (χ3v) is 2.22. The Morgan fingerprint density at radius 2 is 2.27 bits per heavy atom. The van der Waals surface area contributed by atoms with Crippen LogP contribution in [-0.2, 0) is 6.54 Å². The van der Waals surface area contributed by atoms with E-state index in [1.807, 2.05) is 29.8 Å². The molecule has 76 valence electrons. The fraction of sp³-hybridized carbons (Fsp3) is 0.167. The molecule has 0 aliphatic carbocycles. The Morgan fingerprint density at radius 3 is 2.93 bits per heavy atom. The minimum absolute atomic E-state index is 0.727. The largest absolute Gasteiger partial charge is 0.333 e. The number of benzene rings is 1. The Hall–Kier alpha value is -1.90. The number of hydrogen-bond acceptors (Lipinski definition) is 2. The molecule has 0 N–H and O–H groups in total. The van der Waals surface area contributed by atoms with Crippen LogP contribution in [0.5, 0.6) is 0 Å². The summed E-state index contributed by atoms with van der Waals surface area (Å²) in [4.78, 5) is 14.7. The van der Waals surface area contributed by atoms with Crippen molar-refractivity contribution in [3.05, 3.63) is 53.6 Å². The second-order valence-corrected chi connectivity index (χ2v) is 3.60. The van der Waals surface area contributed by atoms with Gasteiger partial charge in [-0.1, -0.05) is 11.6 Å². The van der Waals surface area contributed by atoms with Crippen LogP contribution in [0.4, 0.5) is 0 Å². The smallest absolute Gasteiger partial charge is 0.150 e. The third kappa shape index (κ3) is 2.31. The number of nitrogens with zero attached hydrogens (tertiary/aromatic N) is 2. The van der Waals surface area contributed by atoms with Crippen molar-refractivity contribution in [2.75, 3.05) is 0 Å². The fourth-order valence-corrected chi connectivity index (χ4v) is 1.64. The first kappa shape index (κ1) is 9.65. The second-order valence-electron chi connectivity index (χ2n) is 3.60. The average molecular weight is 200 g/mol. The zero-order chi connectivity index (χ0) is 10.7. The molecule has 0 aliphatic rings. The van der Waals surface area contributed by atoms with Crippen molar-refractivity contribution in [3.8, 4) is 0 Å². The normalized spacial score (nSPS) is 10.2. The van der Waals surface area contributed by atoms with E-state index in [9.17, 15) is 4.79 Å². The van der Waals surface area contributed by atoms with Gasteiger partial charge in [0.05, 0.1) is 6.33 Å². The first-order valence-electron chi connectivity index (χ1n) is 4.79. The van der Waals surface area contributed by atoms with Crippen LogP contribution in [-0.4, -0.2) is 15.8 Å². The van der Waals surface area contributed by atoms with Crippen LogP contribution in [0.3, 0.4) is 0 Å². The molecule has 0 fully saturated rings. The van der Waals surface area contributed by atoms with Crippen molar-refractivity contribution in [2.24, 2.45) is 0 Å². The van der Waals surface area contributed by atoms with E-state index in [0.29, 0.717) is 0 Å². The summed E-state index contributed by atoms with van der Waals surface area (Å²) in [6, 6.07) is 5.86. The molecule has 15 heavy (non-hydrogen) atoms. The lowest BCUT2D eigenvalue weighted by molar-refractivity contribution is 0.112. The van der Waals surface area contributed by atoms with Gasteiger partial charge in [-0.15, -0.1) is 0 Å². The first-order chi connectivity index (χ1) is 7.28. The summed E-state index contributed by atoms with van der Waals surface area (Å²) >= 11 is 0. The van der Waals surface area contributed by atoms with Gasteiger partial charge in [-0.25, -0.2) is 4.98 Å². The van der Waals surface area contributed by atoms with Gasteiger partial charge in [0.1, 0.15) is 6.29 Å². The van der Waals surface area contributed by atoms with Crippen molar-refractivity contribution in [3.63, 3.8) is 0 Å². The molecule has 1 heterocycles. The summed E-state index contributed by atoms with van der Waals surface area (Å²) in [6.07, 6.45) is 6.30. The molecule has 0 amide bonds. The number of carbonyl (C=O) groups is 1. The van der Waals surface area contributed by atoms with E-state index in [0.717, 1.165) is 29.5 Å². The molecular formula is C12H12N2O. The highest BCUT2D eigenvalue weighted by molar-refractivity contribution is 5.75. The maximum Gasteiger partial charge on any atom is 0.150 e. The van der Waals surface area contributed by atoms with Gasteiger partial charge in [-0.3, -0.25) is 4.79 Å². The van der Waals surface area contributed by atoms with Crippen molar-refractivity contribution in [1.29, 1.82) is 0 Å². The topological polar surface area (TPSA) is 34.9 Å². The van der Waals surface area contributed by atoms with Crippen LogP contribution in [0.25, 0.3) is 0 Å². The van der Waals surface area contributed by atoms with E-state index in [1.165, 1.54) is 0 Å². The number of carbonyl (C=O) groups excluding carboxylic acids is 1. The number of hydrogen-bond donors (Lipinski definition) is 0. The van der Waals surface area contributed by atoms with E-state index in [4.69, 9.17) is 0 Å². The lowest BCUT2D eigenvalue weighted by Gasteiger charge is -2.04. The van der Waals surface area contributed by atoms with Crippen molar-refractivity contribution >= 4 is 6.29 Å². The van der Waals surface area contributed by atoms with E-state index < -0.39 is 0 Å². The second kappa shape index (κ2) is 4.09. The number of rotatable bonds is 3. The van der Waals surface area contributed by atoms with E-state index in [1.54, 1.807) is 12.5 Å². The zero-order valence-electron chi connectivity index (χ0n) is 8.55. The highest BCUT2D eigenvalue weighted by atomic mass is 16.1. The Morgan fingerprint density at radius 1 is 1.40 bits per heavy atom. The fourth-order valence-electron chi connectivity index (χ4n) is 1.64. The lowest BCUT2D eigenvalue weighted by Crippen LogP contribution is -1.98.